The van der Waals surface area contributed by atoms with Gasteiger partial charge in [-0.2, -0.15) is 0 Å². The van der Waals surface area contributed by atoms with Crippen LogP contribution in [0.2, 0.25) is 0 Å². The fourth-order valence-corrected chi connectivity index (χ4v) is 3.73. The molecule has 2 aliphatic rings. The molecular weight excluding hydrogens is 376 g/mol. The van der Waals surface area contributed by atoms with Gasteiger partial charge in [0, 0.05) is 24.7 Å². The molecule has 2 heterocycles. The number of rotatable bonds is 8. The van der Waals surface area contributed by atoms with Crippen molar-refractivity contribution >= 4 is 11.5 Å². The molecule has 1 aromatic carbocycles. The summed E-state index contributed by atoms with van der Waals surface area (Å²) in [7, 11) is 1.56. The lowest BCUT2D eigenvalue weighted by molar-refractivity contribution is -0.141. The lowest BCUT2D eigenvalue weighted by atomic mass is 9.89. The second kappa shape index (κ2) is 8.47. The van der Waals surface area contributed by atoms with Crippen LogP contribution in [0.5, 0.6) is 17.2 Å². The summed E-state index contributed by atoms with van der Waals surface area (Å²) in [6.07, 6.45) is 3.38. The molecule has 0 saturated heterocycles. The van der Waals surface area contributed by atoms with Crippen molar-refractivity contribution < 1.29 is 34.0 Å². The van der Waals surface area contributed by atoms with Crippen molar-refractivity contribution in [3.05, 3.63) is 35.6 Å². The van der Waals surface area contributed by atoms with Crippen molar-refractivity contribution in [1.82, 2.24) is 0 Å². The molecule has 0 amide bonds. The van der Waals surface area contributed by atoms with Crippen LogP contribution in [0.25, 0.3) is 5.57 Å². The number of esters is 1. The van der Waals surface area contributed by atoms with Gasteiger partial charge in [0.05, 0.1) is 24.9 Å². The third-order valence-corrected chi connectivity index (χ3v) is 5.28. The summed E-state index contributed by atoms with van der Waals surface area (Å²) in [5.41, 5.74) is 0.998. The van der Waals surface area contributed by atoms with E-state index in [9.17, 15) is 9.90 Å². The Kier molecular flexibility index (Phi) is 6.19. The first-order valence-electron chi connectivity index (χ1n) is 9.82. The van der Waals surface area contributed by atoms with Crippen LogP contribution < -0.4 is 14.2 Å². The molecule has 7 nitrogen and oxygen atoms in total. The van der Waals surface area contributed by atoms with E-state index in [-0.39, 0.29) is 19.0 Å². The molecule has 158 valence electrons. The zero-order chi connectivity index (χ0) is 21.2. The first-order chi connectivity index (χ1) is 13.8. The van der Waals surface area contributed by atoms with E-state index in [0.717, 1.165) is 5.56 Å². The molecule has 2 atom stereocenters. The van der Waals surface area contributed by atoms with E-state index in [0.29, 0.717) is 54.1 Å². The molecule has 7 heteroatoms. The van der Waals surface area contributed by atoms with Gasteiger partial charge in [0.25, 0.3) is 0 Å². The number of aliphatic hydroxyl groups excluding tert-OH is 1. The summed E-state index contributed by atoms with van der Waals surface area (Å²) in [6.45, 7) is 7.84. The summed E-state index contributed by atoms with van der Waals surface area (Å²) >= 11 is 0. The zero-order valence-corrected chi connectivity index (χ0v) is 17.1. The van der Waals surface area contributed by atoms with Crippen LogP contribution in [0.4, 0.5) is 0 Å². The average Bonchev–Trinajstić information content (AvgIpc) is 3.11. The molecule has 1 aromatic rings. The van der Waals surface area contributed by atoms with Gasteiger partial charge in [-0.05, 0) is 44.8 Å². The van der Waals surface area contributed by atoms with Crippen molar-refractivity contribution in [3.8, 4) is 17.2 Å². The fraction of sp³-hybridized carbons (Fsp3) is 0.500. The lowest BCUT2D eigenvalue weighted by Crippen LogP contribution is -2.42. The Labute approximate surface area is 170 Å². The lowest BCUT2D eigenvalue weighted by Gasteiger charge is -2.29. The molecule has 0 spiro atoms. The minimum absolute atomic E-state index is 0.0527. The molecule has 0 unspecified atom stereocenters. The number of ether oxygens (including phenoxy) is 4. The van der Waals surface area contributed by atoms with Crippen LogP contribution in [0, 0.1) is 0 Å². The van der Waals surface area contributed by atoms with Crippen LogP contribution in [0.1, 0.15) is 44.2 Å². The smallest absolute Gasteiger partial charge is 0.374 e. The average molecular weight is 404 g/mol. The maximum absolute atomic E-state index is 12.1. The van der Waals surface area contributed by atoms with Gasteiger partial charge < -0.3 is 29.2 Å². The van der Waals surface area contributed by atoms with Crippen LogP contribution in [-0.4, -0.2) is 48.2 Å². The van der Waals surface area contributed by atoms with E-state index in [1.165, 1.54) is 6.08 Å². The normalized spacial score (nSPS) is 19.3. The van der Waals surface area contributed by atoms with Crippen molar-refractivity contribution in [2.24, 2.45) is 0 Å². The van der Waals surface area contributed by atoms with Gasteiger partial charge in [-0.3, -0.25) is 0 Å². The third-order valence-electron chi connectivity index (χ3n) is 5.28. The Balaban J connectivity index is 1.90. The summed E-state index contributed by atoms with van der Waals surface area (Å²) in [4.78, 5) is 12.1. The molecule has 0 aliphatic carbocycles. The number of carbonyl (C=O) groups is 1. The Bertz CT molecular complexity index is 838. The van der Waals surface area contributed by atoms with E-state index >= 15 is 0 Å². The monoisotopic (exact) mass is 404 g/mol. The molecule has 2 N–H and O–H groups in total. The van der Waals surface area contributed by atoms with E-state index in [2.05, 4.69) is 6.58 Å². The summed E-state index contributed by atoms with van der Waals surface area (Å²) in [5.74, 6) is 0.999. The molecule has 29 heavy (non-hydrogen) atoms. The van der Waals surface area contributed by atoms with Gasteiger partial charge in [-0.25, -0.2) is 4.79 Å². The number of hydrogen-bond donors (Lipinski definition) is 2. The molecular formula is C22H28O7. The van der Waals surface area contributed by atoms with Crippen LogP contribution in [0.15, 0.2) is 24.5 Å². The minimum atomic E-state index is -1.06. The number of benzene rings is 1. The molecule has 3 rings (SSSR count). The van der Waals surface area contributed by atoms with Gasteiger partial charge in [0.1, 0.15) is 23.4 Å². The van der Waals surface area contributed by atoms with Gasteiger partial charge in [-0.15, -0.1) is 0 Å². The van der Waals surface area contributed by atoms with Crippen LogP contribution in [-0.2, 0) is 16.0 Å². The molecule has 0 saturated carbocycles. The van der Waals surface area contributed by atoms with Crippen molar-refractivity contribution in [2.75, 3.05) is 20.3 Å². The predicted octanol–water partition coefficient (Wildman–Crippen LogP) is 2.76. The fourth-order valence-electron chi connectivity index (χ4n) is 3.73. The number of aliphatic hydroxyl groups is 2. The molecule has 0 aromatic heterocycles. The summed E-state index contributed by atoms with van der Waals surface area (Å²) in [6, 6.07) is 1.70. The van der Waals surface area contributed by atoms with Crippen molar-refractivity contribution in [2.45, 2.75) is 51.2 Å². The largest absolute Gasteiger partial charge is 0.496 e. The molecule has 0 radical (unpaired) electrons. The van der Waals surface area contributed by atoms with Gasteiger partial charge >= 0.3 is 5.97 Å². The highest BCUT2D eigenvalue weighted by atomic mass is 16.6. The SMILES string of the molecule is C=C1C=C(C(=O)OCC)Oc2cc3c(c(OC)c21)C[C@@H]([C@@](C)(O)CCCCO)O3. The Hall–Kier alpha value is -2.51. The number of hydrogen-bond acceptors (Lipinski definition) is 7. The predicted molar refractivity (Wildman–Crippen MR) is 107 cm³/mol. The highest BCUT2D eigenvalue weighted by Gasteiger charge is 2.41. The summed E-state index contributed by atoms with van der Waals surface area (Å²) in [5, 5.41) is 19.9. The topological polar surface area (TPSA) is 94.5 Å². The Morgan fingerprint density at radius 2 is 2.14 bits per heavy atom. The molecule has 0 fully saturated rings. The Morgan fingerprint density at radius 3 is 2.79 bits per heavy atom. The highest BCUT2D eigenvalue weighted by Crippen LogP contribution is 2.49. The van der Waals surface area contributed by atoms with E-state index in [1.807, 2.05) is 0 Å². The van der Waals surface area contributed by atoms with Gasteiger partial charge in [-0.1, -0.05) is 6.58 Å². The third kappa shape index (κ3) is 4.11. The summed E-state index contributed by atoms with van der Waals surface area (Å²) < 4.78 is 22.5. The second-order valence-corrected chi connectivity index (χ2v) is 7.46. The minimum Gasteiger partial charge on any atom is -0.496 e. The van der Waals surface area contributed by atoms with E-state index < -0.39 is 17.7 Å². The number of methoxy groups -OCH3 is 1. The van der Waals surface area contributed by atoms with Gasteiger partial charge in [0.2, 0.25) is 5.76 Å². The number of fused-ring (bicyclic) bond motifs is 2. The number of unbranched alkanes of at least 4 members (excludes halogenated alkanes) is 1. The van der Waals surface area contributed by atoms with Gasteiger partial charge in [0.15, 0.2) is 0 Å². The van der Waals surface area contributed by atoms with Crippen molar-refractivity contribution in [3.63, 3.8) is 0 Å². The molecule has 2 aliphatic heterocycles. The van der Waals surface area contributed by atoms with E-state index in [1.54, 1.807) is 27.0 Å². The number of allylic oxidation sites excluding steroid dienone is 2. The highest BCUT2D eigenvalue weighted by molar-refractivity contribution is 5.95. The van der Waals surface area contributed by atoms with Crippen LogP contribution >= 0.6 is 0 Å². The maximum atomic E-state index is 12.1. The van der Waals surface area contributed by atoms with E-state index in [4.69, 9.17) is 24.1 Å². The van der Waals surface area contributed by atoms with Crippen molar-refractivity contribution in [1.29, 1.82) is 0 Å². The molecule has 0 bridgehead atoms. The first kappa shape index (κ1) is 21.2. The quantitative estimate of drug-likeness (QED) is 0.508. The Morgan fingerprint density at radius 1 is 1.38 bits per heavy atom. The zero-order valence-electron chi connectivity index (χ0n) is 17.1. The standard InChI is InChI=1S/C22H28O7/c1-5-27-21(24)17-10-13(2)19-16(28-17)12-15-14(20(19)26-4)11-18(29-15)22(3,25)8-6-7-9-23/h10,12,18,23,25H,2,5-9,11H2,1,3-4H3/t18-,22-/m0/s1. The number of carbonyl (C=O) groups excluding carboxylic acids is 1. The first-order valence-corrected chi connectivity index (χ1v) is 9.82. The maximum Gasteiger partial charge on any atom is 0.374 e. The second-order valence-electron chi connectivity index (χ2n) is 7.46. The van der Waals surface area contributed by atoms with Crippen LogP contribution in [0.3, 0.4) is 0 Å².